The first-order valence-corrected chi connectivity index (χ1v) is 8.25. The van der Waals surface area contributed by atoms with Crippen molar-refractivity contribution in [1.82, 2.24) is 0 Å². The van der Waals surface area contributed by atoms with Crippen LogP contribution < -0.4 is 10.1 Å². The summed E-state index contributed by atoms with van der Waals surface area (Å²) in [5.41, 5.74) is 1.72. The summed E-state index contributed by atoms with van der Waals surface area (Å²) in [4.78, 5) is 23.4. The summed E-state index contributed by atoms with van der Waals surface area (Å²) in [6.07, 6.45) is 0. The van der Waals surface area contributed by atoms with Crippen molar-refractivity contribution in [2.75, 3.05) is 18.5 Å². The summed E-state index contributed by atoms with van der Waals surface area (Å²) in [6, 6.07) is 14.2. The van der Waals surface area contributed by atoms with Gasteiger partial charge in [0.2, 0.25) is 0 Å². The maximum absolute atomic E-state index is 11.7. The Bertz CT molecular complexity index is 728. The van der Waals surface area contributed by atoms with Gasteiger partial charge in [-0.15, -0.1) is 0 Å². The zero-order valence-electron chi connectivity index (χ0n) is 14.1. The number of carbonyl (C=O) groups excluding carboxylic acids is 2. The van der Waals surface area contributed by atoms with E-state index < -0.39 is 11.9 Å². The first-order valence-electron chi connectivity index (χ1n) is 7.88. The molecule has 0 atom stereocenters. The molecule has 25 heavy (non-hydrogen) atoms. The number of esters is 1. The van der Waals surface area contributed by atoms with Crippen LogP contribution in [0.1, 0.15) is 25.3 Å². The second-order valence-corrected chi connectivity index (χ2v) is 6.17. The Hall–Kier alpha value is -2.53. The van der Waals surface area contributed by atoms with Crippen molar-refractivity contribution in [3.05, 3.63) is 59.1 Å². The van der Waals surface area contributed by atoms with Gasteiger partial charge in [-0.25, -0.2) is 4.79 Å². The molecule has 0 aliphatic rings. The highest BCUT2D eigenvalue weighted by atomic mass is 35.5. The van der Waals surface area contributed by atoms with E-state index in [9.17, 15) is 9.59 Å². The van der Waals surface area contributed by atoms with E-state index in [1.807, 2.05) is 12.1 Å². The lowest BCUT2D eigenvalue weighted by Crippen LogP contribution is -2.23. The molecule has 0 aliphatic heterocycles. The van der Waals surface area contributed by atoms with Gasteiger partial charge < -0.3 is 14.8 Å². The van der Waals surface area contributed by atoms with Crippen molar-refractivity contribution in [1.29, 1.82) is 0 Å². The van der Waals surface area contributed by atoms with E-state index >= 15 is 0 Å². The van der Waals surface area contributed by atoms with Crippen molar-refractivity contribution in [2.45, 2.75) is 19.8 Å². The van der Waals surface area contributed by atoms with Gasteiger partial charge in [-0.1, -0.05) is 43.6 Å². The second-order valence-electron chi connectivity index (χ2n) is 5.73. The van der Waals surface area contributed by atoms with Crippen molar-refractivity contribution in [3.8, 4) is 5.75 Å². The van der Waals surface area contributed by atoms with Gasteiger partial charge in [0.25, 0.3) is 5.91 Å². The average molecular weight is 362 g/mol. The van der Waals surface area contributed by atoms with Gasteiger partial charge in [-0.2, -0.15) is 0 Å². The predicted molar refractivity (Wildman–Crippen MR) is 97.1 cm³/mol. The molecular formula is C19H20ClNO4. The number of rotatable bonds is 7. The molecule has 0 aromatic heterocycles. The molecule has 0 unspecified atom stereocenters. The van der Waals surface area contributed by atoms with Crippen molar-refractivity contribution >= 4 is 29.2 Å². The summed E-state index contributed by atoms with van der Waals surface area (Å²) in [5, 5.41) is 3.09. The summed E-state index contributed by atoms with van der Waals surface area (Å²) < 4.78 is 10.2. The fraction of sp³-hybridized carbons (Fsp3) is 0.263. The maximum atomic E-state index is 11.7. The topological polar surface area (TPSA) is 64.6 Å². The largest absolute Gasteiger partial charge is 0.482 e. The molecule has 5 nitrogen and oxygen atoms in total. The number of anilines is 1. The number of ether oxygens (including phenoxy) is 2. The van der Waals surface area contributed by atoms with Crippen molar-refractivity contribution < 1.29 is 19.1 Å². The number of benzene rings is 2. The summed E-state index contributed by atoms with van der Waals surface area (Å²) in [6.45, 7) is 3.55. The van der Waals surface area contributed by atoms with Gasteiger partial charge in [0, 0.05) is 10.7 Å². The van der Waals surface area contributed by atoms with E-state index in [4.69, 9.17) is 21.1 Å². The second kappa shape index (κ2) is 9.08. The number of hydrogen-bond donors (Lipinski definition) is 1. The highest BCUT2D eigenvalue weighted by Crippen LogP contribution is 2.18. The molecule has 0 fully saturated rings. The van der Waals surface area contributed by atoms with Crippen LogP contribution in [0.4, 0.5) is 5.69 Å². The fourth-order valence-corrected chi connectivity index (χ4v) is 2.23. The molecule has 0 heterocycles. The number of amides is 1. The molecular weight excluding hydrogens is 342 g/mol. The number of hydrogen-bond acceptors (Lipinski definition) is 4. The highest BCUT2D eigenvalue weighted by molar-refractivity contribution is 6.30. The quantitative estimate of drug-likeness (QED) is 0.756. The van der Waals surface area contributed by atoms with E-state index in [1.54, 1.807) is 36.4 Å². The van der Waals surface area contributed by atoms with Gasteiger partial charge in [0.05, 0.1) is 0 Å². The normalized spacial score (nSPS) is 10.4. The molecule has 2 aromatic carbocycles. The zero-order chi connectivity index (χ0) is 18.2. The molecule has 1 N–H and O–H groups in total. The van der Waals surface area contributed by atoms with Crippen LogP contribution in [0, 0.1) is 0 Å². The number of carbonyl (C=O) groups is 2. The molecule has 0 bridgehead atoms. The van der Waals surface area contributed by atoms with Crippen LogP contribution in [0.15, 0.2) is 48.5 Å². The van der Waals surface area contributed by atoms with E-state index in [2.05, 4.69) is 19.2 Å². The molecule has 0 aliphatic carbocycles. The van der Waals surface area contributed by atoms with Crippen LogP contribution >= 0.6 is 11.6 Å². The van der Waals surface area contributed by atoms with Crippen LogP contribution in [-0.4, -0.2) is 25.1 Å². The minimum absolute atomic E-state index is 0.258. The lowest BCUT2D eigenvalue weighted by atomic mass is 10.0. The summed E-state index contributed by atoms with van der Waals surface area (Å²) >= 11 is 5.83. The Kier molecular flexibility index (Phi) is 6.83. The monoisotopic (exact) mass is 361 g/mol. The molecule has 0 radical (unpaired) electrons. The molecule has 2 aromatic rings. The van der Waals surface area contributed by atoms with Crippen LogP contribution in [0.2, 0.25) is 5.02 Å². The number of nitrogens with one attached hydrogen (secondary N) is 1. The maximum Gasteiger partial charge on any atom is 0.344 e. The zero-order valence-corrected chi connectivity index (χ0v) is 14.9. The first kappa shape index (κ1) is 18.8. The lowest BCUT2D eigenvalue weighted by Gasteiger charge is -2.09. The van der Waals surface area contributed by atoms with Gasteiger partial charge in [0.1, 0.15) is 5.75 Å². The van der Waals surface area contributed by atoms with Crippen LogP contribution in [0.3, 0.4) is 0 Å². The third kappa shape index (κ3) is 6.47. The van der Waals surface area contributed by atoms with Crippen LogP contribution in [0.25, 0.3) is 0 Å². The smallest absolute Gasteiger partial charge is 0.344 e. The molecule has 132 valence electrons. The summed E-state index contributed by atoms with van der Waals surface area (Å²) in [5.74, 6) is -0.0622. The molecule has 0 saturated carbocycles. The Morgan fingerprint density at radius 2 is 1.80 bits per heavy atom. The van der Waals surface area contributed by atoms with Crippen molar-refractivity contribution in [2.24, 2.45) is 0 Å². The molecule has 0 spiro atoms. The predicted octanol–water partition coefficient (Wildman–Crippen LogP) is 4.02. The SMILES string of the molecule is CC(C)c1ccc(OCC(=O)OCC(=O)Nc2cccc(Cl)c2)cc1. The van der Waals surface area contributed by atoms with E-state index in [-0.39, 0.29) is 13.2 Å². The molecule has 0 saturated heterocycles. The van der Waals surface area contributed by atoms with Crippen LogP contribution in [0.5, 0.6) is 5.75 Å². The van der Waals surface area contributed by atoms with Gasteiger partial charge in [0.15, 0.2) is 13.2 Å². The molecule has 1 amide bonds. The number of halogens is 1. The third-order valence-electron chi connectivity index (χ3n) is 3.38. The average Bonchev–Trinajstić information content (AvgIpc) is 2.58. The molecule has 2 rings (SSSR count). The van der Waals surface area contributed by atoms with Crippen molar-refractivity contribution in [3.63, 3.8) is 0 Å². The molecule has 6 heteroatoms. The third-order valence-corrected chi connectivity index (χ3v) is 3.61. The lowest BCUT2D eigenvalue weighted by molar-refractivity contribution is -0.149. The van der Waals surface area contributed by atoms with Gasteiger partial charge in [-0.3, -0.25) is 4.79 Å². The first-order chi connectivity index (χ1) is 11.9. The Balaban J connectivity index is 1.72. The minimum atomic E-state index is -0.616. The summed E-state index contributed by atoms with van der Waals surface area (Å²) in [7, 11) is 0. The van der Waals surface area contributed by atoms with Crippen LogP contribution in [-0.2, 0) is 14.3 Å². The Morgan fingerprint density at radius 3 is 2.44 bits per heavy atom. The Labute approximate surface area is 151 Å². The highest BCUT2D eigenvalue weighted by Gasteiger charge is 2.09. The van der Waals surface area contributed by atoms with Gasteiger partial charge in [-0.05, 0) is 41.8 Å². The van der Waals surface area contributed by atoms with Gasteiger partial charge >= 0.3 is 5.97 Å². The minimum Gasteiger partial charge on any atom is -0.482 e. The van der Waals surface area contributed by atoms with E-state index in [1.165, 1.54) is 5.56 Å². The van der Waals surface area contributed by atoms with E-state index in [0.717, 1.165) is 0 Å². The Morgan fingerprint density at radius 1 is 1.08 bits per heavy atom. The fourth-order valence-electron chi connectivity index (χ4n) is 2.04. The standard InChI is InChI=1S/C19H20ClNO4/c1-13(2)14-6-8-17(9-7-14)24-12-19(23)25-11-18(22)21-16-5-3-4-15(20)10-16/h3-10,13H,11-12H2,1-2H3,(H,21,22). The van der Waals surface area contributed by atoms with E-state index in [0.29, 0.717) is 22.4 Å².